The van der Waals surface area contributed by atoms with Crippen LogP contribution in [0.25, 0.3) is 6.08 Å². The zero-order chi connectivity index (χ0) is 19.7. The van der Waals surface area contributed by atoms with E-state index in [-0.39, 0.29) is 5.56 Å². The van der Waals surface area contributed by atoms with Crippen LogP contribution in [-0.4, -0.2) is 17.6 Å². The van der Waals surface area contributed by atoms with Crippen molar-refractivity contribution in [2.45, 2.75) is 13.0 Å². The Bertz CT molecular complexity index is 1240. The number of hydrogen-bond acceptors (Lipinski definition) is 5. The third-order valence-electron chi connectivity index (χ3n) is 4.64. The van der Waals surface area contributed by atoms with Gasteiger partial charge in [-0.25, -0.2) is 9.79 Å². The SMILES string of the molecule is COC(=O)C1=C(C)N=c2sc(=Cc3ccccc3)c(=O)n2[C@@H]1c1ccccc1. The Balaban J connectivity index is 1.99. The Labute approximate surface area is 165 Å². The van der Waals surface area contributed by atoms with Crippen LogP contribution in [0.1, 0.15) is 24.1 Å². The predicted octanol–water partition coefficient (Wildman–Crippen LogP) is 2.41. The second kappa shape index (κ2) is 7.40. The van der Waals surface area contributed by atoms with Gasteiger partial charge in [0.05, 0.1) is 29.0 Å². The van der Waals surface area contributed by atoms with Gasteiger partial charge in [0.15, 0.2) is 4.80 Å². The number of thiazole rings is 1. The van der Waals surface area contributed by atoms with Crippen molar-refractivity contribution in [2.75, 3.05) is 7.11 Å². The number of allylic oxidation sites excluding steroid dienone is 1. The van der Waals surface area contributed by atoms with Crippen LogP contribution in [0.2, 0.25) is 0 Å². The van der Waals surface area contributed by atoms with Gasteiger partial charge >= 0.3 is 5.97 Å². The van der Waals surface area contributed by atoms with E-state index in [1.54, 1.807) is 11.5 Å². The van der Waals surface area contributed by atoms with Crippen molar-refractivity contribution in [1.29, 1.82) is 0 Å². The summed E-state index contributed by atoms with van der Waals surface area (Å²) in [4.78, 5) is 30.9. The van der Waals surface area contributed by atoms with Crippen LogP contribution in [-0.2, 0) is 9.53 Å². The first-order valence-corrected chi connectivity index (χ1v) is 9.62. The summed E-state index contributed by atoms with van der Waals surface area (Å²) in [6, 6.07) is 18.6. The Kier molecular flexibility index (Phi) is 4.79. The first-order valence-electron chi connectivity index (χ1n) is 8.81. The van der Waals surface area contributed by atoms with E-state index < -0.39 is 12.0 Å². The molecule has 0 fully saturated rings. The average Bonchev–Trinajstić information content (AvgIpc) is 3.02. The molecule has 0 spiro atoms. The number of fused-ring (bicyclic) bond motifs is 1. The number of aromatic nitrogens is 1. The number of carbonyl (C=O) groups is 1. The number of rotatable bonds is 3. The quantitative estimate of drug-likeness (QED) is 0.646. The van der Waals surface area contributed by atoms with Gasteiger partial charge in [-0.1, -0.05) is 72.0 Å². The van der Waals surface area contributed by atoms with Gasteiger partial charge in [0.25, 0.3) is 5.56 Å². The van der Waals surface area contributed by atoms with Crippen LogP contribution in [0.3, 0.4) is 0 Å². The lowest BCUT2D eigenvalue weighted by molar-refractivity contribution is -0.136. The van der Waals surface area contributed by atoms with Crippen molar-refractivity contribution in [2.24, 2.45) is 4.99 Å². The molecule has 2 heterocycles. The molecule has 0 aliphatic carbocycles. The lowest BCUT2D eigenvalue weighted by Gasteiger charge is -2.24. The molecule has 0 radical (unpaired) electrons. The van der Waals surface area contributed by atoms with E-state index >= 15 is 0 Å². The fraction of sp³-hybridized carbons (Fsp3) is 0.136. The summed E-state index contributed by atoms with van der Waals surface area (Å²) in [7, 11) is 1.34. The summed E-state index contributed by atoms with van der Waals surface area (Å²) < 4.78 is 7.16. The molecular weight excluding hydrogens is 372 g/mol. The second-order valence-corrected chi connectivity index (χ2v) is 7.40. The lowest BCUT2D eigenvalue weighted by atomic mass is 9.96. The number of hydrogen-bond donors (Lipinski definition) is 0. The molecule has 3 aromatic rings. The van der Waals surface area contributed by atoms with Crippen LogP contribution >= 0.6 is 11.3 Å². The normalized spacial score (nSPS) is 16.5. The van der Waals surface area contributed by atoms with Gasteiger partial charge < -0.3 is 4.74 Å². The molecule has 2 aromatic carbocycles. The third kappa shape index (κ3) is 3.12. The molecule has 1 aromatic heterocycles. The van der Waals surface area contributed by atoms with Crippen molar-refractivity contribution in [3.63, 3.8) is 0 Å². The van der Waals surface area contributed by atoms with Gasteiger partial charge in [0.2, 0.25) is 0 Å². The van der Waals surface area contributed by atoms with E-state index in [1.807, 2.05) is 66.7 Å². The molecule has 1 atom stereocenters. The predicted molar refractivity (Wildman–Crippen MR) is 109 cm³/mol. The summed E-state index contributed by atoms with van der Waals surface area (Å²) in [5, 5.41) is 0. The number of esters is 1. The van der Waals surface area contributed by atoms with Gasteiger partial charge in [-0.3, -0.25) is 9.36 Å². The monoisotopic (exact) mass is 390 g/mol. The molecule has 140 valence electrons. The number of ether oxygens (including phenoxy) is 1. The molecule has 4 rings (SSSR count). The van der Waals surface area contributed by atoms with Crippen molar-refractivity contribution >= 4 is 23.4 Å². The van der Waals surface area contributed by atoms with Crippen LogP contribution in [0.5, 0.6) is 0 Å². The highest BCUT2D eigenvalue weighted by atomic mass is 32.1. The minimum Gasteiger partial charge on any atom is -0.466 e. The van der Waals surface area contributed by atoms with Gasteiger partial charge in [0.1, 0.15) is 0 Å². The van der Waals surface area contributed by atoms with Crippen molar-refractivity contribution in [3.05, 3.63) is 103 Å². The van der Waals surface area contributed by atoms with Crippen molar-refractivity contribution < 1.29 is 9.53 Å². The third-order valence-corrected chi connectivity index (χ3v) is 5.62. The molecule has 1 aliphatic rings. The molecule has 0 saturated carbocycles. The highest BCUT2D eigenvalue weighted by Gasteiger charge is 2.32. The van der Waals surface area contributed by atoms with Gasteiger partial charge in [-0.05, 0) is 24.1 Å². The van der Waals surface area contributed by atoms with Crippen LogP contribution in [0.4, 0.5) is 0 Å². The van der Waals surface area contributed by atoms with Gasteiger partial charge in [0, 0.05) is 0 Å². The maximum absolute atomic E-state index is 13.3. The minimum absolute atomic E-state index is 0.171. The molecule has 0 N–H and O–H groups in total. The number of methoxy groups -OCH3 is 1. The van der Waals surface area contributed by atoms with E-state index in [0.29, 0.717) is 20.6 Å². The minimum atomic E-state index is -0.567. The van der Waals surface area contributed by atoms with Crippen LogP contribution in [0.15, 0.2) is 81.7 Å². The topological polar surface area (TPSA) is 60.7 Å². The maximum Gasteiger partial charge on any atom is 0.338 e. The first-order chi connectivity index (χ1) is 13.6. The first kappa shape index (κ1) is 18.1. The van der Waals surface area contributed by atoms with E-state index in [4.69, 9.17) is 4.74 Å². The summed E-state index contributed by atoms with van der Waals surface area (Å²) in [6.45, 7) is 1.77. The largest absolute Gasteiger partial charge is 0.466 e. The lowest BCUT2D eigenvalue weighted by Crippen LogP contribution is -2.39. The number of carbonyl (C=O) groups excluding carboxylic acids is 1. The van der Waals surface area contributed by atoms with Crippen LogP contribution < -0.4 is 14.9 Å². The Morgan fingerprint density at radius 2 is 1.75 bits per heavy atom. The fourth-order valence-corrected chi connectivity index (χ4v) is 4.39. The standard InChI is InChI=1S/C22H18N2O3S/c1-14-18(21(26)27-2)19(16-11-7-4-8-12-16)24-20(25)17(28-22(24)23-14)13-15-9-5-3-6-10-15/h3-13,19H,1-2H3/t19-/m1/s1. The molecule has 0 saturated heterocycles. The Morgan fingerprint density at radius 1 is 1.11 bits per heavy atom. The molecular formula is C22H18N2O3S. The van der Waals surface area contributed by atoms with E-state index in [0.717, 1.165) is 11.1 Å². The zero-order valence-electron chi connectivity index (χ0n) is 15.5. The van der Waals surface area contributed by atoms with E-state index in [1.165, 1.54) is 18.4 Å². The van der Waals surface area contributed by atoms with Gasteiger partial charge in [-0.15, -0.1) is 0 Å². The number of nitrogens with zero attached hydrogens (tertiary/aromatic N) is 2. The second-order valence-electron chi connectivity index (χ2n) is 6.39. The van der Waals surface area contributed by atoms with Crippen molar-refractivity contribution in [3.8, 4) is 0 Å². The molecule has 0 unspecified atom stereocenters. The summed E-state index contributed by atoms with van der Waals surface area (Å²) in [5.41, 5.74) is 2.55. The van der Waals surface area contributed by atoms with E-state index in [9.17, 15) is 9.59 Å². The fourth-order valence-electron chi connectivity index (χ4n) is 3.34. The zero-order valence-corrected chi connectivity index (χ0v) is 16.3. The molecule has 1 aliphatic heterocycles. The summed E-state index contributed by atoms with van der Waals surface area (Å²) in [6.07, 6.45) is 1.85. The Morgan fingerprint density at radius 3 is 2.39 bits per heavy atom. The summed E-state index contributed by atoms with van der Waals surface area (Å²) >= 11 is 1.32. The smallest absolute Gasteiger partial charge is 0.338 e. The van der Waals surface area contributed by atoms with Crippen molar-refractivity contribution in [1.82, 2.24) is 4.57 Å². The average molecular weight is 390 g/mol. The summed E-state index contributed by atoms with van der Waals surface area (Å²) in [5.74, 6) is -0.479. The number of benzene rings is 2. The molecule has 28 heavy (non-hydrogen) atoms. The maximum atomic E-state index is 13.3. The molecule has 0 amide bonds. The molecule has 6 heteroatoms. The Hall–Kier alpha value is -3.25. The van der Waals surface area contributed by atoms with Crippen LogP contribution in [0, 0.1) is 0 Å². The van der Waals surface area contributed by atoms with E-state index in [2.05, 4.69) is 4.99 Å². The highest BCUT2D eigenvalue weighted by Crippen LogP contribution is 2.30. The molecule has 5 nitrogen and oxygen atoms in total. The molecule has 0 bridgehead atoms. The highest BCUT2D eigenvalue weighted by molar-refractivity contribution is 7.07. The van der Waals surface area contributed by atoms with Gasteiger partial charge in [-0.2, -0.15) is 0 Å².